The summed E-state index contributed by atoms with van der Waals surface area (Å²) in [5, 5.41) is 8.34. The van der Waals surface area contributed by atoms with Crippen molar-refractivity contribution in [2.75, 3.05) is 13.7 Å². The van der Waals surface area contributed by atoms with Gasteiger partial charge in [0.1, 0.15) is 12.4 Å². The van der Waals surface area contributed by atoms with Gasteiger partial charge < -0.3 is 14.6 Å². The van der Waals surface area contributed by atoms with Crippen LogP contribution < -0.4 is 4.74 Å². The van der Waals surface area contributed by atoms with Crippen LogP contribution in [0.2, 0.25) is 0 Å². The molecule has 1 aromatic carbocycles. The standard InChI is InChI=1S/C11H11F3O4/c1-17-8-4-2-7(3-5-8)10(11(12,13)14)18-6-9(15)16/h2-5,10H,6H2,1H3,(H,15,16)/t10-/m1/s1. The van der Waals surface area contributed by atoms with E-state index < -0.39 is 24.9 Å². The lowest BCUT2D eigenvalue weighted by atomic mass is 10.1. The number of ether oxygens (including phenoxy) is 2. The van der Waals surface area contributed by atoms with Gasteiger partial charge in [-0.3, -0.25) is 0 Å². The second-order valence-corrected chi connectivity index (χ2v) is 3.40. The number of benzene rings is 1. The molecule has 0 saturated carbocycles. The van der Waals surface area contributed by atoms with Gasteiger partial charge in [0.25, 0.3) is 0 Å². The number of hydrogen-bond acceptors (Lipinski definition) is 3. The maximum absolute atomic E-state index is 12.7. The second-order valence-electron chi connectivity index (χ2n) is 3.40. The molecule has 1 atom stereocenters. The lowest BCUT2D eigenvalue weighted by Gasteiger charge is -2.20. The lowest BCUT2D eigenvalue weighted by molar-refractivity contribution is -0.225. The summed E-state index contributed by atoms with van der Waals surface area (Å²) in [6.07, 6.45) is -6.94. The fourth-order valence-electron chi connectivity index (χ4n) is 1.31. The predicted octanol–water partition coefficient (Wildman–Crippen LogP) is 2.40. The molecule has 0 unspecified atom stereocenters. The van der Waals surface area contributed by atoms with Gasteiger partial charge >= 0.3 is 12.1 Å². The summed E-state index contributed by atoms with van der Waals surface area (Å²) >= 11 is 0. The van der Waals surface area contributed by atoms with Gasteiger partial charge in [0.2, 0.25) is 0 Å². The number of carboxylic acid groups (broad SMARTS) is 1. The number of rotatable bonds is 5. The van der Waals surface area contributed by atoms with Gasteiger partial charge in [-0.15, -0.1) is 0 Å². The average Bonchev–Trinajstić information content (AvgIpc) is 2.28. The SMILES string of the molecule is COc1ccc([C@@H](OCC(=O)O)C(F)(F)F)cc1. The minimum atomic E-state index is -4.68. The highest BCUT2D eigenvalue weighted by Gasteiger charge is 2.42. The fourth-order valence-corrected chi connectivity index (χ4v) is 1.31. The van der Waals surface area contributed by atoms with Crippen molar-refractivity contribution < 1.29 is 32.5 Å². The van der Waals surface area contributed by atoms with Crippen molar-refractivity contribution in [3.8, 4) is 5.75 Å². The monoisotopic (exact) mass is 264 g/mol. The van der Waals surface area contributed by atoms with E-state index in [2.05, 4.69) is 4.74 Å². The van der Waals surface area contributed by atoms with E-state index in [-0.39, 0.29) is 5.56 Å². The Morgan fingerprint density at radius 1 is 1.33 bits per heavy atom. The first-order chi connectivity index (χ1) is 8.34. The fraction of sp³-hybridized carbons (Fsp3) is 0.364. The van der Waals surface area contributed by atoms with Crippen molar-refractivity contribution in [2.24, 2.45) is 0 Å². The molecule has 0 fully saturated rings. The molecule has 100 valence electrons. The van der Waals surface area contributed by atoms with Crippen LogP contribution in [0.15, 0.2) is 24.3 Å². The highest BCUT2D eigenvalue weighted by atomic mass is 19.4. The molecular formula is C11H11F3O4. The zero-order valence-electron chi connectivity index (χ0n) is 9.40. The van der Waals surface area contributed by atoms with Gasteiger partial charge in [0.15, 0.2) is 6.10 Å². The van der Waals surface area contributed by atoms with E-state index in [1.807, 2.05) is 0 Å². The molecule has 0 aliphatic carbocycles. The largest absolute Gasteiger partial charge is 0.497 e. The number of alkyl halides is 3. The van der Waals surface area contributed by atoms with Crippen molar-refractivity contribution in [3.05, 3.63) is 29.8 Å². The Balaban J connectivity index is 2.90. The van der Waals surface area contributed by atoms with Crippen molar-refractivity contribution >= 4 is 5.97 Å². The van der Waals surface area contributed by atoms with Gasteiger partial charge in [-0.1, -0.05) is 12.1 Å². The first-order valence-corrected chi connectivity index (χ1v) is 4.88. The number of hydrogen-bond donors (Lipinski definition) is 1. The number of halogens is 3. The maximum Gasteiger partial charge on any atom is 0.418 e. The molecule has 0 amide bonds. The third-order valence-electron chi connectivity index (χ3n) is 2.09. The minimum Gasteiger partial charge on any atom is -0.497 e. The zero-order chi connectivity index (χ0) is 13.8. The molecule has 1 aromatic rings. The summed E-state index contributed by atoms with van der Waals surface area (Å²) in [6.45, 7) is -1.02. The number of methoxy groups -OCH3 is 1. The van der Waals surface area contributed by atoms with E-state index >= 15 is 0 Å². The predicted molar refractivity (Wildman–Crippen MR) is 55.4 cm³/mol. The normalized spacial score (nSPS) is 13.1. The molecule has 0 aliphatic rings. The van der Waals surface area contributed by atoms with Gasteiger partial charge in [-0.05, 0) is 17.7 Å². The highest BCUT2D eigenvalue weighted by molar-refractivity contribution is 5.68. The van der Waals surface area contributed by atoms with Gasteiger partial charge in [-0.25, -0.2) is 4.79 Å². The van der Waals surface area contributed by atoms with Crippen LogP contribution >= 0.6 is 0 Å². The van der Waals surface area contributed by atoms with E-state index in [9.17, 15) is 18.0 Å². The van der Waals surface area contributed by atoms with E-state index in [4.69, 9.17) is 9.84 Å². The quantitative estimate of drug-likeness (QED) is 0.887. The molecule has 0 heterocycles. The topological polar surface area (TPSA) is 55.8 Å². The first kappa shape index (κ1) is 14.3. The summed E-state index contributed by atoms with van der Waals surface area (Å²) < 4.78 is 47.2. The third-order valence-corrected chi connectivity index (χ3v) is 2.09. The summed E-state index contributed by atoms with van der Waals surface area (Å²) in [5.41, 5.74) is -0.176. The van der Waals surface area contributed by atoms with E-state index in [1.54, 1.807) is 0 Å². The smallest absolute Gasteiger partial charge is 0.418 e. The van der Waals surface area contributed by atoms with Gasteiger partial charge in [-0.2, -0.15) is 13.2 Å². The van der Waals surface area contributed by atoms with Crippen molar-refractivity contribution in [1.29, 1.82) is 0 Å². The Morgan fingerprint density at radius 2 is 1.89 bits per heavy atom. The molecule has 0 saturated heterocycles. The lowest BCUT2D eigenvalue weighted by Crippen LogP contribution is -2.25. The molecule has 0 spiro atoms. The number of carboxylic acids is 1. The Bertz CT molecular complexity index is 400. The van der Waals surface area contributed by atoms with Gasteiger partial charge in [0.05, 0.1) is 7.11 Å². The summed E-state index contributed by atoms with van der Waals surface area (Å²) in [7, 11) is 1.39. The molecule has 0 radical (unpaired) electrons. The van der Waals surface area contributed by atoms with Crippen LogP contribution in [0.25, 0.3) is 0 Å². The van der Waals surface area contributed by atoms with Crippen molar-refractivity contribution in [3.63, 3.8) is 0 Å². The minimum absolute atomic E-state index is 0.176. The van der Waals surface area contributed by atoms with Crippen LogP contribution in [-0.2, 0) is 9.53 Å². The number of aliphatic carboxylic acids is 1. The molecule has 0 aromatic heterocycles. The third kappa shape index (κ3) is 3.92. The molecule has 1 N–H and O–H groups in total. The Kier molecular flexibility index (Phi) is 4.55. The summed E-state index contributed by atoms with van der Waals surface area (Å²) in [5.74, 6) is -1.06. The summed E-state index contributed by atoms with van der Waals surface area (Å²) in [6, 6.07) is 5.05. The van der Waals surface area contributed by atoms with Crippen LogP contribution in [0, 0.1) is 0 Å². The van der Waals surface area contributed by atoms with Crippen LogP contribution in [0.5, 0.6) is 5.75 Å². The Morgan fingerprint density at radius 3 is 2.28 bits per heavy atom. The average molecular weight is 264 g/mol. The van der Waals surface area contributed by atoms with Gasteiger partial charge in [0, 0.05) is 0 Å². The molecule has 0 bridgehead atoms. The zero-order valence-corrected chi connectivity index (χ0v) is 9.40. The number of carbonyl (C=O) groups is 1. The van der Waals surface area contributed by atoms with Crippen LogP contribution in [0.4, 0.5) is 13.2 Å². The molecule has 4 nitrogen and oxygen atoms in total. The van der Waals surface area contributed by atoms with E-state index in [0.717, 1.165) is 0 Å². The van der Waals surface area contributed by atoms with Crippen LogP contribution in [-0.4, -0.2) is 31.0 Å². The molecule has 0 aliphatic heterocycles. The second kappa shape index (κ2) is 5.72. The van der Waals surface area contributed by atoms with Crippen LogP contribution in [0.1, 0.15) is 11.7 Å². The highest BCUT2D eigenvalue weighted by Crippen LogP contribution is 2.36. The van der Waals surface area contributed by atoms with Crippen LogP contribution in [0.3, 0.4) is 0 Å². The van der Waals surface area contributed by atoms with E-state index in [1.165, 1.54) is 31.4 Å². The summed E-state index contributed by atoms with van der Waals surface area (Å²) in [4.78, 5) is 10.3. The van der Waals surface area contributed by atoms with Crippen molar-refractivity contribution in [1.82, 2.24) is 0 Å². The molecule has 18 heavy (non-hydrogen) atoms. The Hall–Kier alpha value is -1.76. The Labute approximate surface area is 101 Å². The molecule has 1 rings (SSSR count). The molecule has 7 heteroatoms. The first-order valence-electron chi connectivity index (χ1n) is 4.88. The van der Waals surface area contributed by atoms with Crippen molar-refractivity contribution in [2.45, 2.75) is 12.3 Å². The molecular weight excluding hydrogens is 253 g/mol. The maximum atomic E-state index is 12.7. The van der Waals surface area contributed by atoms with E-state index in [0.29, 0.717) is 5.75 Å².